The smallest absolute Gasteiger partial charge is 0.162 e. The molecule has 1 heterocycles. The zero-order valence-electron chi connectivity index (χ0n) is 26.6. The number of aryl methyl sites for hydroxylation is 2. The van der Waals surface area contributed by atoms with Gasteiger partial charge in [-0.3, -0.25) is 4.79 Å². The first-order valence-corrected chi connectivity index (χ1v) is 16.1. The first kappa shape index (κ1) is 34.2. The Bertz CT molecular complexity index is 1330. The van der Waals surface area contributed by atoms with E-state index in [1.165, 1.54) is 66.5 Å². The van der Waals surface area contributed by atoms with Crippen molar-refractivity contribution in [1.82, 2.24) is 4.98 Å². The minimum absolute atomic E-state index is 0. The molecule has 1 aromatic heterocycles. The van der Waals surface area contributed by atoms with Crippen molar-refractivity contribution < 1.29 is 30.0 Å². The number of rotatable bonds is 9. The van der Waals surface area contributed by atoms with Crippen LogP contribution in [0.15, 0.2) is 54.4 Å². The Hall–Kier alpha value is -2.29. The van der Waals surface area contributed by atoms with Gasteiger partial charge in [0.05, 0.1) is 5.76 Å². The largest absolute Gasteiger partial charge is 0.512 e. The Labute approximate surface area is 268 Å². The first-order valence-electron chi connectivity index (χ1n) is 16.1. The molecule has 1 radical (unpaired) electrons. The monoisotopic (exact) mass is 745 g/mol. The van der Waals surface area contributed by atoms with Gasteiger partial charge in [-0.1, -0.05) is 59.7 Å². The molecule has 3 saturated carbocycles. The number of hydrogen-bond donors (Lipinski definition) is 1. The summed E-state index contributed by atoms with van der Waals surface area (Å²) in [6, 6.07) is 17.2. The Morgan fingerprint density at radius 3 is 2.14 bits per heavy atom. The predicted molar refractivity (Wildman–Crippen MR) is 172 cm³/mol. The van der Waals surface area contributed by atoms with Crippen molar-refractivity contribution in [3.63, 3.8) is 0 Å². The molecule has 6 rings (SSSR count). The molecular formula is C38H50IrNO2-. The van der Waals surface area contributed by atoms with Crippen molar-refractivity contribution in [2.75, 3.05) is 0 Å². The molecular weight excluding hydrogens is 695 g/mol. The van der Waals surface area contributed by atoms with E-state index in [0.717, 1.165) is 42.9 Å². The van der Waals surface area contributed by atoms with E-state index >= 15 is 0 Å². The van der Waals surface area contributed by atoms with Crippen LogP contribution < -0.4 is 0 Å². The molecule has 229 valence electrons. The molecule has 0 atom stereocenters. The fourth-order valence-electron chi connectivity index (χ4n) is 7.20. The van der Waals surface area contributed by atoms with Gasteiger partial charge in [-0.15, -0.1) is 34.9 Å². The molecule has 42 heavy (non-hydrogen) atoms. The van der Waals surface area contributed by atoms with E-state index in [1.807, 2.05) is 33.9 Å². The maximum absolute atomic E-state index is 11.7. The van der Waals surface area contributed by atoms with Crippen molar-refractivity contribution >= 4 is 16.6 Å². The van der Waals surface area contributed by atoms with Gasteiger partial charge in [0, 0.05) is 44.2 Å². The van der Waals surface area contributed by atoms with Gasteiger partial charge >= 0.3 is 0 Å². The number of ketones is 1. The zero-order valence-corrected chi connectivity index (χ0v) is 29.0. The Morgan fingerprint density at radius 1 is 0.952 bits per heavy atom. The van der Waals surface area contributed by atoms with Crippen LogP contribution in [0.25, 0.3) is 22.0 Å². The van der Waals surface area contributed by atoms with Gasteiger partial charge in [-0.2, -0.15) is 0 Å². The summed E-state index contributed by atoms with van der Waals surface area (Å²) < 4.78 is 0. The van der Waals surface area contributed by atoms with Gasteiger partial charge in [0.2, 0.25) is 0 Å². The summed E-state index contributed by atoms with van der Waals surface area (Å²) in [5.41, 5.74) is 6.62. The third kappa shape index (κ3) is 7.80. The topological polar surface area (TPSA) is 50.2 Å². The Kier molecular flexibility index (Phi) is 12.6. The molecule has 0 unspecified atom stereocenters. The summed E-state index contributed by atoms with van der Waals surface area (Å²) >= 11 is 0. The molecule has 2 bridgehead atoms. The third-order valence-electron chi connectivity index (χ3n) is 9.96. The van der Waals surface area contributed by atoms with Gasteiger partial charge in [0.1, 0.15) is 0 Å². The number of fused-ring (bicyclic) bond motifs is 4. The number of hydrogen-bond acceptors (Lipinski definition) is 3. The maximum Gasteiger partial charge on any atom is 0.162 e. The number of carbonyl (C=O) groups excluding carboxylic acids is 1. The van der Waals surface area contributed by atoms with E-state index < -0.39 is 0 Å². The molecule has 0 amide bonds. The first-order chi connectivity index (χ1) is 19.7. The second-order valence-corrected chi connectivity index (χ2v) is 12.6. The Morgan fingerprint density at radius 2 is 1.57 bits per heavy atom. The zero-order chi connectivity index (χ0) is 29.6. The van der Waals surface area contributed by atoms with Crippen LogP contribution >= 0.6 is 0 Å². The average molecular weight is 745 g/mol. The van der Waals surface area contributed by atoms with Crippen molar-refractivity contribution in [3.05, 3.63) is 77.2 Å². The molecule has 1 N–H and O–H groups in total. The number of carbonyl (C=O) groups is 1. The summed E-state index contributed by atoms with van der Waals surface area (Å²) in [4.78, 5) is 16.5. The molecule has 3 nitrogen and oxygen atoms in total. The molecule has 2 aromatic carbocycles. The summed E-state index contributed by atoms with van der Waals surface area (Å²) in [5, 5.41) is 12.3. The minimum Gasteiger partial charge on any atom is -0.512 e. The van der Waals surface area contributed by atoms with Crippen LogP contribution in [0, 0.1) is 37.7 Å². The minimum atomic E-state index is 0. The Balaban J connectivity index is 0.000000263. The van der Waals surface area contributed by atoms with Crippen LogP contribution in [-0.2, 0) is 30.3 Å². The van der Waals surface area contributed by atoms with Crippen LogP contribution in [0.2, 0.25) is 0 Å². The van der Waals surface area contributed by atoms with Gasteiger partial charge in [0.25, 0.3) is 0 Å². The van der Waals surface area contributed by atoms with Gasteiger partial charge in [0.15, 0.2) is 5.78 Å². The summed E-state index contributed by atoms with van der Waals surface area (Å²) in [6.07, 6.45) is 15.2. The number of aliphatic hydroxyl groups excluding tert-OH is 1. The normalized spacial score (nSPS) is 19.9. The molecule has 3 aromatic rings. The molecule has 0 saturated heterocycles. The van der Waals surface area contributed by atoms with Crippen molar-refractivity contribution in [3.8, 4) is 11.3 Å². The number of aromatic nitrogens is 1. The van der Waals surface area contributed by atoms with Crippen molar-refractivity contribution in [2.24, 2.45) is 17.8 Å². The average Bonchev–Trinajstić information content (AvgIpc) is 2.98. The van der Waals surface area contributed by atoms with Gasteiger partial charge < -0.3 is 10.1 Å². The van der Waals surface area contributed by atoms with E-state index in [2.05, 4.69) is 56.3 Å². The van der Waals surface area contributed by atoms with Crippen LogP contribution in [0.3, 0.4) is 0 Å². The van der Waals surface area contributed by atoms with E-state index in [4.69, 9.17) is 4.98 Å². The fourth-order valence-corrected chi connectivity index (χ4v) is 7.20. The second kappa shape index (κ2) is 15.4. The summed E-state index contributed by atoms with van der Waals surface area (Å²) in [5.74, 6) is 1.55. The molecule has 0 aliphatic heterocycles. The summed E-state index contributed by atoms with van der Waals surface area (Å²) in [7, 11) is 0. The van der Waals surface area contributed by atoms with Crippen LogP contribution in [-0.4, -0.2) is 15.9 Å². The quantitative estimate of drug-likeness (QED) is 0.135. The van der Waals surface area contributed by atoms with E-state index in [1.54, 1.807) is 5.56 Å². The van der Waals surface area contributed by atoms with Crippen LogP contribution in [0.4, 0.5) is 0 Å². The molecule has 3 aliphatic rings. The second-order valence-electron chi connectivity index (χ2n) is 12.6. The molecule has 4 heteroatoms. The van der Waals surface area contributed by atoms with Crippen molar-refractivity contribution in [2.45, 2.75) is 111 Å². The van der Waals surface area contributed by atoms with Crippen LogP contribution in [0.5, 0.6) is 0 Å². The van der Waals surface area contributed by atoms with E-state index in [-0.39, 0.29) is 43.5 Å². The maximum atomic E-state index is 11.7. The predicted octanol–water partition coefficient (Wildman–Crippen LogP) is 10.4. The SMILES string of the molecule is CCC(CC)C(=O)/C=C(\O)C(CC)CC.Cc1[c-]c(-c2nccc3ccc(C45CCC(CC4)CC5)cc23)cc(C)c1.[Ir]. The van der Waals surface area contributed by atoms with E-state index in [0.29, 0.717) is 5.41 Å². The van der Waals surface area contributed by atoms with Gasteiger partial charge in [-0.05, 0) is 104 Å². The van der Waals surface area contributed by atoms with Crippen LogP contribution in [0.1, 0.15) is 109 Å². The standard InChI is InChI=1S/C25H26N.C13H24O2.Ir/c1-17-13-18(2)15-21(14-17)24-23-16-22(4-3-20(23)8-12-26-24)25-9-5-19(6-10-25)7-11-25;1-5-10(6-2)12(14)9-13(15)11(7-3)8-4;/h3-4,8,12-14,16,19H,5-7,9-11H2,1-2H3;9-11,14H,5-8H2,1-4H3;/q-1;;/b;12-9-;. The summed E-state index contributed by atoms with van der Waals surface area (Å²) in [6.45, 7) is 12.3. The number of nitrogens with zero attached hydrogens (tertiary/aromatic N) is 1. The molecule has 3 fully saturated rings. The van der Waals surface area contributed by atoms with Crippen molar-refractivity contribution in [1.29, 1.82) is 0 Å². The van der Waals surface area contributed by atoms with E-state index in [9.17, 15) is 9.90 Å². The number of pyridine rings is 1. The molecule has 3 aliphatic carbocycles. The third-order valence-corrected chi connectivity index (χ3v) is 9.96. The molecule has 0 spiro atoms. The van der Waals surface area contributed by atoms with Gasteiger partial charge in [-0.25, -0.2) is 0 Å². The number of allylic oxidation sites excluding steroid dienone is 2. The number of benzene rings is 2. The number of aliphatic hydroxyl groups is 1. The fraction of sp³-hybridized carbons (Fsp3) is 0.526.